The third-order valence-corrected chi connectivity index (χ3v) is 10.5. The Labute approximate surface area is 208 Å². The molecule has 1 fully saturated rings. The zero-order valence-electron chi connectivity index (χ0n) is 20.3. The summed E-state index contributed by atoms with van der Waals surface area (Å²) in [5.41, 5.74) is 1.55. The standard InChI is InChI=1S/C27H30N2O4S2/c1-20-11-15-24(16-12-20)34(30,31)28-19-26(23-9-7-6-8-10-23)29(27(4,5)22(28)3)35(32,33)25-17-13-21(2)14-18-25/h6-18,26H,3,19H2,1-2,4-5H3. The van der Waals surface area contributed by atoms with E-state index in [9.17, 15) is 16.8 Å². The largest absolute Gasteiger partial charge is 0.267 e. The fourth-order valence-electron chi connectivity index (χ4n) is 4.45. The van der Waals surface area contributed by atoms with Crippen molar-refractivity contribution in [2.24, 2.45) is 0 Å². The highest BCUT2D eigenvalue weighted by atomic mass is 32.2. The summed E-state index contributed by atoms with van der Waals surface area (Å²) in [6, 6.07) is 21.7. The number of benzene rings is 3. The van der Waals surface area contributed by atoms with Gasteiger partial charge >= 0.3 is 0 Å². The molecule has 0 bridgehead atoms. The Balaban J connectivity index is 1.88. The predicted octanol–water partition coefficient (Wildman–Crippen LogP) is 5.03. The van der Waals surface area contributed by atoms with Gasteiger partial charge in [-0.05, 0) is 57.5 Å². The molecule has 8 heteroatoms. The van der Waals surface area contributed by atoms with E-state index in [1.165, 1.54) is 8.61 Å². The first kappa shape index (κ1) is 25.2. The first-order valence-electron chi connectivity index (χ1n) is 11.3. The van der Waals surface area contributed by atoms with E-state index in [-0.39, 0.29) is 22.0 Å². The Kier molecular flexibility index (Phi) is 6.42. The van der Waals surface area contributed by atoms with Crippen LogP contribution in [0.4, 0.5) is 0 Å². The SMILES string of the molecule is C=C1N(S(=O)(=O)c2ccc(C)cc2)CC(c2ccccc2)N(S(=O)(=O)c2ccc(C)cc2)C1(C)C. The molecule has 1 aliphatic rings. The maximum Gasteiger partial charge on any atom is 0.264 e. The summed E-state index contributed by atoms with van der Waals surface area (Å²) in [7, 11) is -7.97. The third-order valence-electron chi connectivity index (χ3n) is 6.55. The van der Waals surface area contributed by atoms with Gasteiger partial charge < -0.3 is 0 Å². The number of nitrogens with zero attached hydrogens (tertiary/aromatic N) is 2. The monoisotopic (exact) mass is 510 g/mol. The molecule has 0 amide bonds. The minimum Gasteiger partial charge on any atom is -0.267 e. The number of aryl methyl sites for hydroxylation is 2. The first-order chi connectivity index (χ1) is 16.4. The summed E-state index contributed by atoms with van der Waals surface area (Å²) < 4.78 is 58.2. The summed E-state index contributed by atoms with van der Waals surface area (Å²) in [5, 5.41) is 0. The molecule has 3 aromatic carbocycles. The van der Waals surface area contributed by atoms with Crippen molar-refractivity contribution in [3.63, 3.8) is 0 Å². The van der Waals surface area contributed by atoms with Crippen LogP contribution in [0, 0.1) is 13.8 Å². The van der Waals surface area contributed by atoms with Crippen LogP contribution < -0.4 is 0 Å². The molecule has 0 spiro atoms. The second-order valence-corrected chi connectivity index (χ2v) is 13.1. The fourth-order valence-corrected chi connectivity index (χ4v) is 7.97. The molecule has 1 aliphatic heterocycles. The molecule has 1 heterocycles. The van der Waals surface area contributed by atoms with Crippen molar-refractivity contribution in [3.8, 4) is 0 Å². The van der Waals surface area contributed by atoms with Crippen LogP contribution in [0.15, 0.2) is 101 Å². The van der Waals surface area contributed by atoms with Gasteiger partial charge in [0.2, 0.25) is 10.0 Å². The highest BCUT2D eigenvalue weighted by Gasteiger charge is 2.52. The smallest absolute Gasteiger partial charge is 0.264 e. The molecular formula is C27H30N2O4S2. The van der Waals surface area contributed by atoms with E-state index >= 15 is 0 Å². The fraction of sp³-hybridized carbons (Fsp3) is 0.259. The van der Waals surface area contributed by atoms with Gasteiger partial charge in [-0.2, -0.15) is 4.31 Å². The molecule has 0 aliphatic carbocycles. The van der Waals surface area contributed by atoms with Gasteiger partial charge in [0.1, 0.15) is 0 Å². The second kappa shape index (κ2) is 8.93. The number of hydrogen-bond donors (Lipinski definition) is 0. The molecule has 6 nitrogen and oxygen atoms in total. The zero-order chi connectivity index (χ0) is 25.6. The lowest BCUT2D eigenvalue weighted by Crippen LogP contribution is -2.61. The van der Waals surface area contributed by atoms with Crippen LogP contribution in [-0.4, -0.2) is 37.5 Å². The maximum atomic E-state index is 14.0. The first-order valence-corrected chi connectivity index (χ1v) is 14.2. The van der Waals surface area contributed by atoms with Crippen LogP contribution in [0.25, 0.3) is 0 Å². The van der Waals surface area contributed by atoms with Gasteiger partial charge in [0.25, 0.3) is 10.0 Å². The van der Waals surface area contributed by atoms with Gasteiger partial charge in [-0.15, -0.1) is 0 Å². The van der Waals surface area contributed by atoms with E-state index in [2.05, 4.69) is 6.58 Å². The molecule has 0 radical (unpaired) electrons. The molecule has 1 unspecified atom stereocenters. The molecule has 1 saturated heterocycles. The van der Waals surface area contributed by atoms with E-state index in [0.29, 0.717) is 5.56 Å². The number of hydrogen-bond acceptors (Lipinski definition) is 4. The number of rotatable bonds is 5. The van der Waals surface area contributed by atoms with E-state index in [1.54, 1.807) is 62.4 Å². The molecule has 1 atom stereocenters. The minimum atomic E-state index is -4.00. The predicted molar refractivity (Wildman–Crippen MR) is 138 cm³/mol. The molecule has 35 heavy (non-hydrogen) atoms. The van der Waals surface area contributed by atoms with Gasteiger partial charge in [0, 0.05) is 5.70 Å². The molecule has 4 rings (SSSR count). The lowest BCUT2D eigenvalue weighted by Gasteiger charge is -2.51. The number of sulfonamides is 2. The Morgan fingerprint density at radius 2 is 1.20 bits per heavy atom. The zero-order valence-corrected chi connectivity index (χ0v) is 22.0. The lowest BCUT2D eigenvalue weighted by atomic mass is 9.93. The molecule has 184 valence electrons. The molecule has 0 aromatic heterocycles. The van der Waals surface area contributed by atoms with Crippen molar-refractivity contribution in [1.82, 2.24) is 8.61 Å². The summed E-state index contributed by atoms with van der Waals surface area (Å²) in [6.45, 7) is 11.2. The Morgan fingerprint density at radius 3 is 1.69 bits per heavy atom. The Hall–Kier alpha value is -2.94. The molecule has 0 N–H and O–H groups in total. The van der Waals surface area contributed by atoms with Gasteiger partial charge in [-0.25, -0.2) is 16.8 Å². The van der Waals surface area contributed by atoms with Crippen LogP contribution in [0.2, 0.25) is 0 Å². The van der Waals surface area contributed by atoms with Crippen LogP contribution in [0.3, 0.4) is 0 Å². The van der Waals surface area contributed by atoms with Crippen LogP contribution in [0.5, 0.6) is 0 Å². The Morgan fingerprint density at radius 1 is 0.743 bits per heavy atom. The topological polar surface area (TPSA) is 74.8 Å². The third kappa shape index (κ3) is 4.42. The normalized spacial score (nSPS) is 19.0. The van der Waals surface area contributed by atoms with Crippen LogP contribution in [-0.2, 0) is 20.0 Å². The summed E-state index contributed by atoms with van der Waals surface area (Å²) >= 11 is 0. The summed E-state index contributed by atoms with van der Waals surface area (Å²) in [5.74, 6) is 0. The quantitative estimate of drug-likeness (QED) is 0.482. The van der Waals surface area contributed by atoms with Gasteiger partial charge in [0.05, 0.1) is 27.9 Å². The van der Waals surface area contributed by atoms with E-state index in [4.69, 9.17) is 0 Å². The lowest BCUT2D eigenvalue weighted by molar-refractivity contribution is 0.123. The number of piperazine rings is 1. The molecule has 3 aromatic rings. The van der Waals surface area contributed by atoms with Crippen molar-refractivity contribution >= 4 is 20.0 Å². The van der Waals surface area contributed by atoms with Gasteiger partial charge in [-0.1, -0.05) is 72.3 Å². The van der Waals surface area contributed by atoms with E-state index in [0.717, 1.165) is 11.1 Å². The van der Waals surface area contributed by atoms with E-state index in [1.807, 2.05) is 44.2 Å². The second-order valence-electron chi connectivity index (χ2n) is 9.40. The summed E-state index contributed by atoms with van der Waals surface area (Å²) in [6.07, 6.45) is 0. The van der Waals surface area contributed by atoms with Crippen LogP contribution >= 0.6 is 0 Å². The summed E-state index contributed by atoms with van der Waals surface area (Å²) in [4.78, 5) is 0.293. The highest BCUT2D eigenvalue weighted by molar-refractivity contribution is 7.89. The van der Waals surface area contributed by atoms with Crippen molar-refractivity contribution in [3.05, 3.63) is 108 Å². The van der Waals surface area contributed by atoms with Crippen molar-refractivity contribution < 1.29 is 16.8 Å². The minimum absolute atomic E-state index is 0.0897. The average Bonchev–Trinajstić information content (AvgIpc) is 2.81. The van der Waals surface area contributed by atoms with Crippen molar-refractivity contribution in [2.75, 3.05) is 6.54 Å². The molecule has 0 saturated carbocycles. The Bertz CT molecular complexity index is 1450. The van der Waals surface area contributed by atoms with E-state index < -0.39 is 31.6 Å². The van der Waals surface area contributed by atoms with Gasteiger partial charge in [0.15, 0.2) is 0 Å². The van der Waals surface area contributed by atoms with Crippen molar-refractivity contribution in [1.29, 1.82) is 0 Å². The highest BCUT2D eigenvalue weighted by Crippen LogP contribution is 2.45. The molecular weight excluding hydrogens is 480 g/mol. The van der Waals surface area contributed by atoms with Crippen molar-refractivity contribution in [2.45, 2.75) is 49.1 Å². The van der Waals surface area contributed by atoms with Crippen LogP contribution in [0.1, 0.15) is 36.6 Å². The maximum absolute atomic E-state index is 14.0. The average molecular weight is 511 g/mol. The van der Waals surface area contributed by atoms with Gasteiger partial charge in [-0.3, -0.25) is 4.31 Å².